The van der Waals surface area contributed by atoms with E-state index in [9.17, 15) is 8.42 Å². The van der Waals surface area contributed by atoms with Crippen LogP contribution in [0.5, 0.6) is 0 Å². The third-order valence-corrected chi connectivity index (χ3v) is 1.98. The molecule has 2 atom stereocenters. The summed E-state index contributed by atoms with van der Waals surface area (Å²) in [5.41, 5.74) is 9.99. The Morgan fingerprint density at radius 1 is 1.44 bits per heavy atom. The number of nitrogens with two attached hydrogens (primary N) is 2. The monoisotopic (exact) mass is 154 g/mol. The lowest BCUT2D eigenvalue weighted by Gasteiger charge is -2.10. The Kier molecular flexibility index (Phi) is 2.56. The Bertz CT molecular complexity index is 173. The van der Waals surface area contributed by atoms with Gasteiger partial charge in [0.05, 0.1) is 0 Å². The maximum absolute atomic E-state index is 10.1. The largest absolute Gasteiger partial charge is 0.326 e. The molecule has 5 N–H and O–H groups in total. The van der Waals surface area contributed by atoms with Crippen LogP contribution in [-0.2, 0) is 10.1 Å². The van der Waals surface area contributed by atoms with E-state index in [-0.39, 0.29) is 0 Å². The predicted molar refractivity (Wildman–Crippen MR) is 33.2 cm³/mol. The Morgan fingerprint density at radius 3 is 1.78 bits per heavy atom. The molecule has 5 nitrogen and oxygen atoms in total. The van der Waals surface area contributed by atoms with Crippen LogP contribution in [0.4, 0.5) is 0 Å². The van der Waals surface area contributed by atoms with E-state index >= 15 is 0 Å². The summed E-state index contributed by atoms with van der Waals surface area (Å²) < 4.78 is 28.5. The first-order valence-corrected chi connectivity index (χ1v) is 3.83. The van der Waals surface area contributed by atoms with Gasteiger partial charge < -0.3 is 11.5 Å². The van der Waals surface area contributed by atoms with Gasteiger partial charge in [0, 0.05) is 6.04 Å². The zero-order chi connectivity index (χ0) is 7.65. The fraction of sp³-hybridized carbons (Fsp3) is 1.00. The number of hydrogen-bond donors (Lipinski definition) is 3. The zero-order valence-electron chi connectivity index (χ0n) is 4.98. The summed E-state index contributed by atoms with van der Waals surface area (Å²) in [7, 11) is -4.15. The third kappa shape index (κ3) is 2.75. The van der Waals surface area contributed by atoms with Crippen LogP contribution < -0.4 is 11.5 Å². The summed E-state index contributed by atoms with van der Waals surface area (Å²) in [4.78, 5) is 0. The molecule has 0 amide bonds. The second kappa shape index (κ2) is 2.61. The highest BCUT2D eigenvalue weighted by Gasteiger charge is 2.21. The lowest BCUT2D eigenvalue weighted by molar-refractivity contribution is 0.457. The molecular formula is C3H10N2O3S. The van der Waals surface area contributed by atoms with Crippen LogP contribution in [0.2, 0.25) is 0 Å². The predicted octanol–water partition coefficient (Wildman–Crippen LogP) is -1.49. The van der Waals surface area contributed by atoms with E-state index in [1.54, 1.807) is 0 Å². The maximum Gasteiger partial charge on any atom is 0.282 e. The van der Waals surface area contributed by atoms with Gasteiger partial charge in [0.1, 0.15) is 5.37 Å². The molecule has 0 saturated heterocycles. The Morgan fingerprint density at radius 2 is 1.78 bits per heavy atom. The molecule has 0 saturated carbocycles. The van der Waals surface area contributed by atoms with Gasteiger partial charge in [-0.25, -0.2) is 0 Å². The van der Waals surface area contributed by atoms with E-state index in [1.807, 2.05) is 0 Å². The summed E-state index contributed by atoms with van der Waals surface area (Å²) >= 11 is 0. The molecule has 9 heavy (non-hydrogen) atoms. The molecule has 0 bridgehead atoms. The van der Waals surface area contributed by atoms with E-state index in [0.717, 1.165) is 0 Å². The van der Waals surface area contributed by atoms with Crippen molar-refractivity contribution in [1.82, 2.24) is 0 Å². The van der Waals surface area contributed by atoms with Crippen LogP contribution in [-0.4, -0.2) is 24.4 Å². The van der Waals surface area contributed by atoms with Crippen molar-refractivity contribution in [2.24, 2.45) is 11.5 Å². The average molecular weight is 154 g/mol. The molecule has 56 valence electrons. The first-order chi connectivity index (χ1) is 3.85. The van der Waals surface area contributed by atoms with Crippen molar-refractivity contribution >= 4 is 10.1 Å². The fourth-order valence-electron chi connectivity index (χ4n) is 0.271. The van der Waals surface area contributed by atoms with Crippen molar-refractivity contribution < 1.29 is 13.0 Å². The summed E-state index contributed by atoms with van der Waals surface area (Å²) in [6.45, 7) is 1.40. The highest BCUT2D eigenvalue weighted by molar-refractivity contribution is 7.86. The van der Waals surface area contributed by atoms with Crippen LogP contribution in [0.3, 0.4) is 0 Å². The van der Waals surface area contributed by atoms with Crippen LogP contribution >= 0.6 is 0 Å². The molecule has 6 heteroatoms. The highest BCUT2D eigenvalue weighted by Crippen LogP contribution is 1.93. The summed E-state index contributed by atoms with van der Waals surface area (Å²) in [5.74, 6) is 0. The summed E-state index contributed by atoms with van der Waals surface area (Å²) in [6.07, 6.45) is 0. The van der Waals surface area contributed by atoms with E-state index < -0.39 is 21.5 Å². The molecule has 0 aromatic carbocycles. The van der Waals surface area contributed by atoms with Crippen molar-refractivity contribution in [1.29, 1.82) is 0 Å². The molecule has 0 aromatic heterocycles. The van der Waals surface area contributed by atoms with E-state index in [1.165, 1.54) is 6.92 Å². The molecule has 0 aliphatic rings. The molecule has 0 aliphatic carbocycles. The molecule has 2 unspecified atom stereocenters. The van der Waals surface area contributed by atoms with E-state index in [2.05, 4.69) is 0 Å². The standard InChI is InChI=1S/C3H10N2O3S/c1-2(4)3(5)9(6,7)8/h2-3H,4-5H2,1H3,(H,6,7,8). The van der Waals surface area contributed by atoms with Crippen molar-refractivity contribution in [3.63, 3.8) is 0 Å². The van der Waals surface area contributed by atoms with Gasteiger partial charge >= 0.3 is 0 Å². The first kappa shape index (κ1) is 8.83. The Balaban J connectivity index is 4.24. The lowest BCUT2D eigenvalue weighted by atomic mass is 10.4. The van der Waals surface area contributed by atoms with Gasteiger partial charge in [-0.15, -0.1) is 0 Å². The van der Waals surface area contributed by atoms with Crippen LogP contribution in [0.15, 0.2) is 0 Å². The molecule has 0 radical (unpaired) electrons. The molecule has 0 fully saturated rings. The minimum absolute atomic E-state index is 0.750. The van der Waals surface area contributed by atoms with Gasteiger partial charge in [-0.3, -0.25) is 4.55 Å². The third-order valence-electron chi connectivity index (χ3n) is 0.862. The van der Waals surface area contributed by atoms with Crippen LogP contribution in [0, 0.1) is 0 Å². The lowest BCUT2D eigenvalue weighted by Crippen LogP contribution is -2.44. The molecule has 0 rings (SSSR count). The van der Waals surface area contributed by atoms with Gasteiger partial charge in [0.15, 0.2) is 0 Å². The minimum Gasteiger partial charge on any atom is -0.326 e. The van der Waals surface area contributed by atoms with Crippen molar-refractivity contribution in [3.8, 4) is 0 Å². The SMILES string of the molecule is CC(N)C(N)S(=O)(=O)O. The van der Waals surface area contributed by atoms with Gasteiger partial charge in [-0.1, -0.05) is 0 Å². The second-order valence-corrected chi connectivity index (χ2v) is 3.41. The summed E-state index contributed by atoms with van der Waals surface area (Å²) in [6, 6.07) is -0.750. The molecule has 0 heterocycles. The smallest absolute Gasteiger partial charge is 0.282 e. The van der Waals surface area contributed by atoms with E-state index in [4.69, 9.17) is 16.0 Å². The molecular weight excluding hydrogens is 144 g/mol. The first-order valence-electron chi connectivity index (χ1n) is 2.33. The fourth-order valence-corrected chi connectivity index (χ4v) is 0.814. The Labute approximate surface area is 53.8 Å². The number of rotatable bonds is 2. The molecule has 0 spiro atoms. The molecule has 0 aliphatic heterocycles. The topological polar surface area (TPSA) is 106 Å². The van der Waals surface area contributed by atoms with Crippen LogP contribution in [0.25, 0.3) is 0 Å². The Hall–Kier alpha value is -0.170. The highest BCUT2D eigenvalue weighted by atomic mass is 32.2. The normalized spacial score (nSPS) is 19.1. The second-order valence-electron chi connectivity index (χ2n) is 1.84. The van der Waals surface area contributed by atoms with Gasteiger partial charge in [0.25, 0.3) is 10.1 Å². The maximum atomic E-state index is 10.1. The average Bonchev–Trinajstić information content (AvgIpc) is 1.62. The van der Waals surface area contributed by atoms with Gasteiger partial charge in [-0.05, 0) is 6.92 Å². The zero-order valence-corrected chi connectivity index (χ0v) is 5.80. The van der Waals surface area contributed by atoms with E-state index in [0.29, 0.717) is 0 Å². The summed E-state index contributed by atoms with van der Waals surface area (Å²) in [5, 5.41) is -1.38. The quantitative estimate of drug-likeness (QED) is 0.420. The van der Waals surface area contributed by atoms with Gasteiger partial charge in [-0.2, -0.15) is 8.42 Å². The van der Waals surface area contributed by atoms with Crippen molar-refractivity contribution in [2.45, 2.75) is 18.3 Å². The van der Waals surface area contributed by atoms with Gasteiger partial charge in [0.2, 0.25) is 0 Å². The minimum atomic E-state index is -4.15. The van der Waals surface area contributed by atoms with Crippen LogP contribution in [0.1, 0.15) is 6.92 Å². The van der Waals surface area contributed by atoms with Crippen molar-refractivity contribution in [2.75, 3.05) is 0 Å². The molecule has 0 aromatic rings. The van der Waals surface area contributed by atoms with Crippen molar-refractivity contribution in [3.05, 3.63) is 0 Å². The number of hydrogen-bond acceptors (Lipinski definition) is 4.